The Hall–Kier alpha value is -1.55. The minimum Gasteiger partial charge on any atom is -0.480 e. The van der Waals surface area contributed by atoms with Crippen LogP contribution in [0.3, 0.4) is 0 Å². The van der Waals surface area contributed by atoms with Crippen LogP contribution in [0.15, 0.2) is 35.3 Å². The quantitative estimate of drug-likeness (QED) is 0.901. The van der Waals surface area contributed by atoms with E-state index >= 15 is 0 Å². The van der Waals surface area contributed by atoms with Crippen LogP contribution < -0.4 is 0 Å². The molecule has 0 amide bonds. The van der Waals surface area contributed by atoms with Gasteiger partial charge in [0.1, 0.15) is 12.4 Å². The predicted octanol–water partition coefficient (Wildman–Crippen LogP) is 2.32. The summed E-state index contributed by atoms with van der Waals surface area (Å²) in [5, 5.41) is 8.76. The zero-order valence-electron chi connectivity index (χ0n) is 9.37. The lowest BCUT2D eigenvalue weighted by atomic mass is 10.3. The first-order chi connectivity index (χ1) is 7.75. The van der Waals surface area contributed by atoms with Crippen molar-refractivity contribution in [2.45, 2.75) is 12.8 Å². The molecule has 0 aliphatic carbocycles. The Morgan fingerprint density at radius 2 is 2.06 bits per heavy atom. The molecule has 0 saturated carbocycles. The number of amidine groups is 1. The number of rotatable bonds is 3. The van der Waals surface area contributed by atoms with Gasteiger partial charge in [0.05, 0.1) is 5.69 Å². The van der Waals surface area contributed by atoms with Gasteiger partial charge in [-0.1, -0.05) is 18.2 Å². The Labute approximate surface area is 106 Å². The molecule has 1 N–H and O–H groups in total. The molecule has 1 fully saturated rings. The normalized spacial score (nSPS) is 16.9. The van der Waals surface area contributed by atoms with Crippen molar-refractivity contribution < 1.29 is 9.90 Å². The average molecular weight is 255 g/mol. The minimum absolute atomic E-state index is 0. The van der Waals surface area contributed by atoms with E-state index in [2.05, 4.69) is 4.99 Å². The van der Waals surface area contributed by atoms with E-state index < -0.39 is 5.97 Å². The first-order valence-corrected chi connectivity index (χ1v) is 5.35. The van der Waals surface area contributed by atoms with Crippen LogP contribution in [0, 0.1) is 0 Å². The van der Waals surface area contributed by atoms with Gasteiger partial charge in [0.2, 0.25) is 0 Å². The van der Waals surface area contributed by atoms with Gasteiger partial charge in [-0.3, -0.25) is 4.79 Å². The summed E-state index contributed by atoms with van der Waals surface area (Å²) in [4.78, 5) is 17.0. The Morgan fingerprint density at radius 3 is 2.71 bits per heavy atom. The molecule has 0 atom stereocenters. The second-order valence-electron chi connectivity index (χ2n) is 3.78. The van der Waals surface area contributed by atoms with Crippen LogP contribution in [-0.4, -0.2) is 34.9 Å². The number of halogens is 1. The van der Waals surface area contributed by atoms with E-state index in [9.17, 15) is 4.79 Å². The molecule has 1 aliphatic rings. The van der Waals surface area contributed by atoms with E-state index in [0.717, 1.165) is 30.9 Å². The highest BCUT2D eigenvalue weighted by Crippen LogP contribution is 2.17. The van der Waals surface area contributed by atoms with Gasteiger partial charge < -0.3 is 10.0 Å². The molecule has 0 aromatic heterocycles. The largest absolute Gasteiger partial charge is 0.480 e. The van der Waals surface area contributed by atoms with Gasteiger partial charge in [0.25, 0.3) is 0 Å². The van der Waals surface area contributed by atoms with Gasteiger partial charge in [-0.2, -0.15) is 0 Å². The lowest BCUT2D eigenvalue weighted by Crippen LogP contribution is -2.30. The number of hydrogen-bond donors (Lipinski definition) is 1. The number of benzene rings is 1. The van der Waals surface area contributed by atoms with Gasteiger partial charge in [0.15, 0.2) is 0 Å². The number of hydrogen-bond acceptors (Lipinski definition) is 2. The first kappa shape index (κ1) is 13.5. The van der Waals surface area contributed by atoms with E-state index in [1.165, 1.54) is 0 Å². The molecule has 1 aromatic rings. The molecule has 0 unspecified atom stereocenters. The highest BCUT2D eigenvalue weighted by Gasteiger charge is 2.20. The van der Waals surface area contributed by atoms with Crippen molar-refractivity contribution in [3.05, 3.63) is 30.3 Å². The fourth-order valence-electron chi connectivity index (χ4n) is 1.83. The van der Waals surface area contributed by atoms with Crippen LogP contribution in [0.4, 0.5) is 5.69 Å². The molecule has 1 heterocycles. The number of likely N-dealkylation sites (tertiary alicyclic amines) is 1. The van der Waals surface area contributed by atoms with Gasteiger partial charge >= 0.3 is 5.97 Å². The number of aliphatic carboxylic acids is 1. The number of carboxylic acid groups (broad SMARTS) is 1. The summed E-state index contributed by atoms with van der Waals surface area (Å²) in [7, 11) is 0. The maximum atomic E-state index is 10.7. The third-order valence-electron chi connectivity index (χ3n) is 2.53. The number of para-hydroxylation sites is 1. The SMILES string of the molecule is Cl.O=C(O)CN1CCCC1=Nc1ccccc1. The van der Waals surface area contributed by atoms with Crippen molar-refractivity contribution in [2.24, 2.45) is 4.99 Å². The zero-order chi connectivity index (χ0) is 11.4. The monoisotopic (exact) mass is 254 g/mol. The van der Waals surface area contributed by atoms with E-state index in [0.29, 0.717) is 0 Å². The molecule has 4 nitrogen and oxygen atoms in total. The van der Waals surface area contributed by atoms with Gasteiger partial charge in [-0.25, -0.2) is 4.99 Å². The number of carboxylic acids is 1. The van der Waals surface area contributed by atoms with Gasteiger partial charge in [-0.05, 0) is 18.6 Å². The second kappa shape index (κ2) is 6.25. The molecule has 0 bridgehead atoms. The van der Waals surface area contributed by atoms with Crippen LogP contribution in [0.25, 0.3) is 0 Å². The fraction of sp³-hybridized carbons (Fsp3) is 0.333. The van der Waals surface area contributed by atoms with Crippen molar-refractivity contribution >= 4 is 29.9 Å². The van der Waals surface area contributed by atoms with Crippen molar-refractivity contribution in [2.75, 3.05) is 13.1 Å². The predicted molar refractivity (Wildman–Crippen MR) is 69.2 cm³/mol. The second-order valence-corrected chi connectivity index (χ2v) is 3.78. The summed E-state index contributed by atoms with van der Waals surface area (Å²) in [6.07, 6.45) is 1.85. The van der Waals surface area contributed by atoms with E-state index in [-0.39, 0.29) is 19.0 Å². The van der Waals surface area contributed by atoms with E-state index in [1.807, 2.05) is 35.2 Å². The lowest BCUT2D eigenvalue weighted by molar-refractivity contribution is -0.137. The molecular formula is C12H15ClN2O2. The molecule has 92 valence electrons. The molecule has 1 aliphatic heterocycles. The first-order valence-electron chi connectivity index (χ1n) is 5.35. The summed E-state index contributed by atoms with van der Waals surface area (Å²) in [6.45, 7) is 0.837. The fourth-order valence-corrected chi connectivity index (χ4v) is 1.83. The standard InChI is InChI=1S/C12H14N2O2.ClH/c15-12(16)9-14-8-4-7-11(14)13-10-5-2-1-3-6-10;/h1-3,5-6H,4,7-9H2,(H,15,16);1H. The summed E-state index contributed by atoms with van der Waals surface area (Å²) in [6, 6.07) is 9.63. The van der Waals surface area contributed by atoms with Crippen LogP contribution >= 0.6 is 12.4 Å². The maximum absolute atomic E-state index is 10.7. The highest BCUT2D eigenvalue weighted by molar-refractivity contribution is 5.89. The summed E-state index contributed by atoms with van der Waals surface area (Å²) < 4.78 is 0. The highest BCUT2D eigenvalue weighted by atomic mass is 35.5. The van der Waals surface area contributed by atoms with Crippen LogP contribution in [0.5, 0.6) is 0 Å². The molecule has 17 heavy (non-hydrogen) atoms. The van der Waals surface area contributed by atoms with Gasteiger partial charge in [0, 0.05) is 13.0 Å². The third-order valence-corrected chi connectivity index (χ3v) is 2.53. The summed E-state index contributed by atoms with van der Waals surface area (Å²) >= 11 is 0. The van der Waals surface area contributed by atoms with Crippen molar-refractivity contribution in [3.8, 4) is 0 Å². The Kier molecular flexibility index (Phi) is 4.97. The topological polar surface area (TPSA) is 52.9 Å². The zero-order valence-corrected chi connectivity index (χ0v) is 10.2. The maximum Gasteiger partial charge on any atom is 0.323 e. The molecule has 5 heteroatoms. The van der Waals surface area contributed by atoms with Crippen LogP contribution in [0.2, 0.25) is 0 Å². The lowest BCUT2D eigenvalue weighted by Gasteiger charge is -2.15. The van der Waals surface area contributed by atoms with E-state index in [4.69, 9.17) is 5.11 Å². The van der Waals surface area contributed by atoms with Crippen LogP contribution in [-0.2, 0) is 4.79 Å². The molecule has 1 aromatic carbocycles. The molecule has 0 radical (unpaired) electrons. The van der Waals surface area contributed by atoms with E-state index in [1.54, 1.807) is 0 Å². The number of nitrogens with zero attached hydrogens (tertiary/aromatic N) is 2. The summed E-state index contributed by atoms with van der Waals surface area (Å²) in [5.74, 6) is 0.0799. The molecule has 0 spiro atoms. The Balaban J connectivity index is 0.00000144. The van der Waals surface area contributed by atoms with Crippen molar-refractivity contribution in [1.82, 2.24) is 4.90 Å². The molecular weight excluding hydrogens is 240 g/mol. The summed E-state index contributed by atoms with van der Waals surface area (Å²) in [5.41, 5.74) is 0.884. The average Bonchev–Trinajstić information content (AvgIpc) is 2.66. The van der Waals surface area contributed by atoms with Crippen molar-refractivity contribution in [1.29, 1.82) is 0 Å². The Bertz CT molecular complexity index is 406. The minimum atomic E-state index is -0.803. The smallest absolute Gasteiger partial charge is 0.323 e. The van der Waals surface area contributed by atoms with Crippen LogP contribution in [0.1, 0.15) is 12.8 Å². The molecule has 1 saturated heterocycles. The number of carbonyl (C=O) groups is 1. The third kappa shape index (κ3) is 3.75. The van der Waals surface area contributed by atoms with Crippen molar-refractivity contribution in [3.63, 3.8) is 0 Å². The molecule has 2 rings (SSSR count). The number of aliphatic imine (C=N–C) groups is 1. The van der Waals surface area contributed by atoms with Gasteiger partial charge in [-0.15, -0.1) is 12.4 Å². The Morgan fingerprint density at radius 1 is 1.35 bits per heavy atom.